The summed E-state index contributed by atoms with van der Waals surface area (Å²) in [5.41, 5.74) is 11.8. The Morgan fingerprint density at radius 1 is 1.27 bits per heavy atom. The van der Waals surface area contributed by atoms with Crippen LogP contribution in [0.1, 0.15) is 21.6 Å². The Morgan fingerprint density at radius 2 is 2.03 bits per heavy atom. The number of hydrogen-bond acceptors (Lipinski definition) is 8. The summed E-state index contributed by atoms with van der Waals surface area (Å²) in [6.45, 7) is 3.34. The number of hydrazone groups is 1. The van der Waals surface area contributed by atoms with Crippen LogP contribution in [0.15, 0.2) is 64.8 Å². The number of nitrogen functional groups attached to an aromatic ring is 1. The van der Waals surface area contributed by atoms with E-state index in [0.717, 1.165) is 5.56 Å². The fourth-order valence-electron chi connectivity index (χ4n) is 2.78. The Labute approximate surface area is 191 Å². The van der Waals surface area contributed by atoms with Crippen molar-refractivity contribution in [1.29, 1.82) is 5.26 Å². The van der Waals surface area contributed by atoms with Gasteiger partial charge in [-0.05, 0) is 30.3 Å². The van der Waals surface area contributed by atoms with E-state index in [2.05, 4.69) is 38.3 Å². The van der Waals surface area contributed by atoms with E-state index in [0.29, 0.717) is 28.2 Å². The zero-order valence-corrected chi connectivity index (χ0v) is 18.2. The second-order valence-corrected chi connectivity index (χ2v) is 7.00. The maximum absolute atomic E-state index is 12.1. The molecule has 0 aliphatic carbocycles. The minimum absolute atomic E-state index is 0.0385. The zero-order chi connectivity index (χ0) is 23.8. The van der Waals surface area contributed by atoms with Gasteiger partial charge in [0.1, 0.15) is 18.1 Å². The van der Waals surface area contributed by atoms with Gasteiger partial charge in [0, 0.05) is 31.9 Å². The molecule has 10 nitrogen and oxygen atoms in total. The van der Waals surface area contributed by atoms with Crippen LogP contribution >= 0.6 is 0 Å². The van der Waals surface area contributed by atoms with Crippen LogP contribution in [-0.4, -0.2) is 47.6 Å². The van der Waals surface area contributed by atoms with Crippen LogP contribution in [0.5, 0.6) is 0 Å². The van der Waals surface area contributed by atoms with Crippen LogP contribution in [0.25, 0.3) is 11.3 Å². The molecule has 1 heterocycles. The first kappa shape index (κ1) is 22.9. The third kappa shape index (κ3) is 5.89. The summed E-state index contributed by atoms with van der Waals surface area (Å²) < 4.78 is 5.68. The zero-order valence-electron chi connectivity index (χ0n) is 18.2. The van der Waals surface area contributed by atoms with Gasteiger partial charge in [0.15, 0.2) is 0 Å². The number of aliphatic imine (C=N–C) groups is 1. The predicted molar refractivity (Wildman–Crippen MR) is 126 cm³/mol. The van der Waals surface area contributed by atoms with E-state index in [-0.39, 0.29) is 24.4 Å². The molecule has 1 aromatic heterocycles. The highest BCUT2D eigenvalue weighted by atomic mass is 16.5. The van der Waals surface area contributed by atoms with Crippen LogP contribution in [0.3, 0.4) is 0 Å². The molecule has 0 aliphatic rings. The van der Waals surface area contributed by atoms with Crippen molar-refractivity contribution in [2.75, 3.05) is 19.8 Å². The third-order valence-corrected chi connectivity index (χ3v) is 4.44. The number of aromatic nitrogens is 2. The quantitative estimate of drug-likeness (QED) is 0.339. The molecule has 0 aliphatic heterocycles. The number of carbonyl (C=O) groups excluding carboxylic acids is 1. The van der Waals surface area contributed by atoms with Gasteiger partial charge in [-0.1, -0.05) is 18.2 Å². The first-order valence-corrected chi connectivity index (χ1v) is 9.78. The summed E-state index contributed by atoms with van der Waals surface area (Å²) in [5.74, 6) is 0.116. The number of amidine groups is 1. The number of nitrogens with zero attached hydrogens (tertiary/aromatic N) is 6. The van der Waals surface area contributed by atoms with Crippen molar-refractivity contribution >= 4 is 30.2 Å². The van der Waals surface area contributed by atoms with Crippen LogP contribution in [0.4, 0.5) is 11.5 Å². The van der Waals surface area contributed by atoms with Gasteiger partial charge in [0.25, 0.3) is 5.91 Å². The van der Waals surface area contributed by atoms with Crippen molar-refractivity contribution in [3.05, 3.63) is 71.5 Å². The van der Waals surface area contributed by atoms with Crippen molar-refractivity contribution in [2.24, 2.45) is 10.1 Å². The van der Waals surface area contributed by atoms with Gasteiger partial charge >= 0.3 is 6.02 Å². The average Bonchev–Trinajstić information content (AvgIpc) is 2.83. The molecule has 0 unspecified atom stereocenters. The van der Waals surface area contributed by atoms with Crippen molar-refractivity contribution in [1.82, 2.24) is 20.3 Å². The van der Waals surface area contributed by atoms with E-state index >= 15 is 0 Å². The Balaban J connectivity index is 1.80. The van der Waals surface area contributed by atoms with Gasteiger partial charge in [-0.15, -0.1) is 0 Å². The number of hydrogen-bond donors (Lipinski definition) is 2. The lowest BCUT2D eigenvalue weighted by molar-refractivity contribution is 0.0827. The molecule has 3 aromatic rings. The number of nitrogens with one attached hydrogen (secondary N) is 1. The SMILES string of the molecule is C=NNC(=Nc1cccc(C#N)c1)OCc1nc(-c2ccc(C(=O)N(C)C)cc2)cnc1N. The van der Waals surface area contributed by atoms with E-state index < -0.39 is 0 Å². The molecule has 0 spiro atoms. The highest BCUT2D eigenvalue weighted by molar-refractivity contribution is 5.94. The first-order chi connectivity index (χ1) is 15.9. The molecule has 3 N–H and O–H groups in total. The maximum Gasteiger partial charge on any atom is 0.311 e. The van der Waals surface area contributed by atoms with Gasteiger partial charge in [-0.2, -0.15) is 15.4 Å². The molecule has 1 amide bonds. The van der Waals surface area contributed by atoms with E-state index in [1.165, 1.54) is 4.90 Å². The van der Waals surface area contributed by atoms with Crippen LogP contribution in [0, 0.1) is 11.3 Å². The number of anilines is 1. The Kier molecular flexibility index (Phi) is 7.28. The lowest BCUT2D eigenvalue weighted by Crippen LogP contribution is -2.21. The number of nitriles is 1. The summed E-state index contributed by atoms with van der Waals surface area (Å²) in [6.07, 6.45) is 1.55. The maximum atomic E-state index is 12.1. The van der Waals surface area contributed by atoms with Gasteiger partial charge < -0.3 is 15.4 Å². The number of ether oxygens (including phenoxy) is 1. The smallest absolute Gasteiger partial charge is 0.311 e. The number of amides is 1. The molecule has 0 atom stereocenters. The highest BCUT2D eigenvalue weighted by Gasteiger charge is 2.12. The molecule has 33 heavy (non-hydrogen) atoms. The first-order valence-electron chi connectivity index (χ1n) is 9.78. The van der Waals surface area contributed by atoms with E-state index in [9.17, 15) is 4.79 Å². The minimum Gasteiger partial charge on any atom is -0.457 e. The van der Waals surface area contributed by atoms with E-state index in [1.54, 1.807) is 68.8 Å². The largest absolute Gasteiger partial charge is 0.457 e. The molecule has 2 aromatic carbocycles. The third-order valence-electron chi connectivity index (χ3n) is 4.44. The number of carbonyl (C=O) groups is 1. The molecule has 10 heteroatoms. The number of benzene rings is 2. The predicted octanol–water partition coefficient (Wildman–Crippen LogP) is 2.71. The van der Waals surface area contributed by atoms with Crippen molar-refractivity contribution < 1.29 is 9.53 Å². The summed E-state index contributed by atoms with van der Waals surface area (Å²) in [4.78, 5) is 26.6. The summed E-state index contributed by atoms with van der Waals surface area (Å²) in [7, 11) is 3.39. The monoisotopic (exact) mass is 442 g/mol. The topological polar surface area (TPSA) is 142 Å². The lowest BCUT2D eigenvalue weighted by atomic mass is 10.1. The summed E-state index contributed by atoms with van der Waals surface area (Å²) in [5, 5.41) is 12.6. The fourth-order valence-corrected chi connectivity index (χ4v) is 2.78. The Hall–Kier alpha value is -4.78. The molecule has 3 rings (SSSR count). The molecule has 0 saturated heterocycles. The van der Waals surface area contributed by atoms with Gasteiger partial charge in [0.2, 0.25) is 0 Å². The second-order valence-electron chi connectivity index (χ2n) is 7.00. The summed E-state index contributed by atoms with van der Waals surface area (Å²) >= 11 is 0. The van der Waals surface area contributed by atoms with E-state index in [4.69, 9.17) is 15.7 Å². The molecule has 0 fully saturated rings. The standard InChI is InChI=1S/C23H22N8O2/c1-26-30-23(28-18-6-4-5-15(11-18)12-24)33-14-20-21(25)27-13-19(29-20)16-7-9-17(10-8-16)22(32)31(2)3/h4-11,13H,1,14H2,2-3H3,(H2,25,27)(H,28,30). The molecular formula is C23H22N8O2. The summed E-state index contributed by atoms with van der Waals surface area (Å²) in [6, 6.07) is 15.8. The Morgan fingerprint density at radius 3 is 2.70 bits per heavy atom. The van der Waals surface area contributed by atoms with Crippen molar-refractivity contribution in [3.63, 3.8) is 0 Å². The normalized spacial score (nSPS) is 10.8. The Bertz CT molecular complexity index is 1230. The molecule has 166 valence electrons. The molecular weight excluding hydrogens is 420 g/mol. The lowest BCUT2D eigenvalue weighted by Gasteiger charge is -2.12. The van der Waals surface area contributed by atoms with Crippen LogP contribution in [0.2, 0.25) is 0 Å². The van der Waals surface area contributed by atoms with Crippen molar-refractivity contribution in [2.45, 2.75) is 6.61 Å². The van der Waals surface area contributed by atoms with Gasteiger partial charge in [0.05, 0.1) is 29.2 Å². The minimum atomic E-state index is -0.0884. The highest BCUT2D eigenvalue weighted by Crippen LogP contribution is 2.20. The molecule has 0 bridgehead atoms. The number of nitrogens with two attached hydrogens (primary N) is 1. The van der Waals surface area contributed by atoms with E-state index in [1.807, 2.05) is 0 Å². The second kappa shape index (κ2) is 10.5. The van der Waals surface area contributed by atoms with Crippen LogP contribution < -0.4 is 11.2 Å². The average molecular weight is 442 g/mol. The number of rotatable bonds is 6. The molecule has 0 radical (unpaired) electrons. The van der Waals surface area contributed by atoms with Gasteiger partial charge in [-0.3, -0.25) is 4.79 Å². The van der Waals surface area contributed by atoms with Gasteiger partial charge in [-0.25, -0.2) is 15.4 Å². The fraction of sp³-hybridized carbons (Fsp3) is 0.130. The van der Waals surface area contributed by atoms with Crippen LogP contribution in [-0.2, 0) is 11.3 Å². The van der Waals surface area contributed by atoms with Crippen molar-refractivity contribution in [3.8, 4) is 17.3 Å². The molecule has 0 saturated carbocycles.